The molecule has 0 spiro atoms. The van der Waals surface area contributed by atoms with E-state index in [2.05, 4.69) is 6.58 Å². The first-order chi connectivity index (χ1) is 4.20. The summed E-state index contributed by atoms with van der Waals surface area (Å²) < 4.78 is 4.90. The highest BCUT2D eigenvalue weighted by atomic mass is 16.5. The Hall–Kier alpha value is -0.340. The number of rotatable bonds is 4. The molecule has 0 aliphatic heterocycles. The molecule has 2 nitrogen and oxygen atoms in total. The van der Waals surface area contributed by atoms with E-state index in [1.165, 1.54) is 0 Å². The summed E-state index contributed by atoms with van der Waals surface area (Å²) in [5.74, 6) is 0. The fourth-order valence-corrected chi connectivity index (χ4v) is 0.611. The van der Waals surface area contributed by atoms with Crippen LogP contribution < -0.4 is 0 Å². The van der Waals surface area contributed by atoms with Crippen molar-refractivity contribution in [2.45, 2.75) is 19.4 Å². The number of aliphatic hydroxyl groups is 1. The third kappa shape index (κ3) is 4.18. The molecule has 9 heavy (non-hydrogen) atoms. The number of methoxy groups -OCH3 is 1. The van der Waals surface area contributed by atoms with Crippen molar-refractivity contribution in [2.75, 3.05) is 13.7 Å². The minimum Gasteiger partial charge on any atom is -0.394 e. The summed E-state index contributed by atoms with van der Waals surface area (Å²) in [5, 5.41) is 8.61. The molecule has 0 amide bonds. The molecule has 0 rings (SSSR count). The van der Waals surface area contributed by atoms with Crippen LogP contribution in [0.1, 0.15) is 13.3 Å². The molecule has 0 saturated carbocycles. The van der Waals surface area contributed by atoms with Gasteiger partial charge in [-0.05, 0) is 13.3 Å². The first kappa shape index (κ1) is 8.66. The van der Waals surface area contributed by atoms with E-state index in [4.69, 9.17) is 9.84 Å². The van der Waals surface area contributed by atoms with Gasteiger partial charge in [0.15, 0.2) is 0 Å². The molecule has 0 saturated heterocycles. The second kappa shape index (κ2) is 4.53. The first-order valence-electron chi connectivity index (χ1n) is 2.98. The lowest BCUT2D eigenvalue weighted by Crippen LogP contribution is -2.15. The molecule has 0 aromatic rings. The molecule has 2 heteroatoms. The summed E-state index contributed by atoms with van der Waals surface area (Å²) in [5.41, 5.74) is 1.04. The Morgan fingerprint density at radius 2 is 2.33 bits per heavy atom. The summed E-state index contributed by atoms with van der Waals surface area (Å²) in [6.45, 7) is 5.69. The minimum absolute atomic E-state index is 0.0671. The van der Waals surface area contributed by atoms with Crippen molar-refractivity contribution in [3.63, 3.8) is 0 Å². The summed E-state index contributed by atoms with van der Waals surface area (Å²) in [7, 11) is 1.59. The van der Waals surface area contributed by atoms with Gasteiger partial charge in [0.2, 0.25) is 0 Å². The standard InChI is InChI=1S/C7H14O2/c1-6(2)4-7(5-8)9-3/h7-8H,1,4-5H2,2-3H3. The highest BCUT2D eigenvalue weighted by Gasteiger charge is 2.03. The van der Waals surface area contributed by atoms with Crippen LogP contribution in [0.3, 0.4) is 0 Å². The van der Waals surface area contributed by atoms with Crippen molar-refractivity contribution in [1.29, 1.82) is 0 Å². The lowest BCUT2D eigenvalue weighted by molar-refractivity contribution is 0.0496. The van der Waals surface area contributed by atoms with Crippen LogP contribution in [0.2, 0.25) is 0 Å². The SMILES string of the molecule is C=C(C)CC(CO)OC. The fraction of sp³-hybridized carbons (Fsp3) is 0.714. The smallest absolute Gasteiger partial charge is 0.0838 e. The molecule has 1 atom stereocenters. The number of hydrogen-bond acceptors (Lipinski definition) is 2. The van der Waals surface area contributed by atoms with E-state index in [-0.39, 0.29) is 12.7 Å². The van der Waals surface area contributed by atoms with E-state index in [0.717, 1.165) is 12.0 Å². The number of aliphatic hydroxyl groups excluding tert-OH is 1. The molecule has 0 bridgehead atoms. The molecule has 0 heterocycles. The molecule has 0 fully saturated rings. The normalized spacial score (nSPS) is 13.2. The topological polar surface area (TPSA) is 29.5 Å². The van der Waals surface area contributed by atoms with Crippen LogP contribution in [-0.4, -0.2) is 24.9 Å². The van der Waals surface area contributed by atoms with Gasteiger partial charge in [0.1, 0.15) is 0 Å². The molecular weight excluding hydrogens is 116 g/mol. The second-order valence-corrected chi connectivity index (χ2v) is 2.20. The van der Waals surface area contributed by atoms with Crippen LogP contribution in [0.5, 0.6) is 0 Å². The van der Waals surface area contributed by atoms with Gasteiger partial charge in [-0.3, -0.25) is 0 Å². The largest absolute Gasteiger partial charge is 0.394 e. The third-order valence-corrected chi connectivity index (χ3v) is 1.11. The number of ether oxygens (including phenoxy) is 1. The Morgan fingerprint density at radius 1 is 1.78 bits per heavy atom. The summed E-state index contributed by atoms with van der Waals surface area (Å²) in [6, 6.07) is 0. The molecule has 54 valence electrons. The average Bonchev–Trinajstić information content (AvgIpc) is 1.82. The van der Waals surface area contributed by atoms with Crippen LogP contribution in [0.25, 0.3) is 0 Å². The maximum absolute atomic E-state index is 8.61. The van der Waals surface area contributed by atoms with Gasteiger partial charge < -0.3 is 9.84 Å². The van der Waals surface area contributed by atoms with Crippen LogP contribution in [0.4, 0.5) is 0 Å². The lowest BCUT2D eigenvalue weighted by Gasteiger charge is -2.10. The monoisotopic (exact) mass is 130 g/mol. The maximum Gasteiger partial charge on any atom is 0.0838 e. The van der Waals surface area contributed by atoms with Gasteiger partial charge in [-0.15, -0.1) is 6.58 Å². The van der Waals surface area contributed by atoms with Gasteiger partial charge >= 0.3 is 0 Å². The molecule has 0 radical (unpaired) electrons. The van der Waals surface area contributed by atoms with E-state index >= 15 is 0 Å². The lowest BCUT2D eigenvalue weighted by atomic mass is 10.1. The van der Waals surface area contributed by atoms with Gasteiger partial charge in [0, 0.05) is 7.11 Å². The second-order valence-electron chi connectivity index (χ2n) is 2.20. The Balaban J connectivity index is 3.43. The molecular formula is C7H14O2. The van der Waals surface area contributed by atoms with Crippen LogP contribution in [0, 0.1) is 0 Å². The van der Waals surface area contributed by atoms with E-state index in [0.29, 0.717) is 0 Å². The Labute approximate surface area is 56.1 Å². The quantitative estimate of drug-likeness (QED) is 0.574. The minimum atomic E-state index is -0.0671. The number of hydrogen-bond donors (Lipinski definition) is 1. The van der Waals surface area contributed by atoms with Gasteiger partial charge in [-0.25, -0.2) is 0 Å². The zero-order chi connectivity index (χ0) is 7.28. The molecule has 0 aliphatic rings. The first-order valence-corrected chi connectivity index (χ1v) is 2.98. The highest BCUT2D eigenvalue weighted by molar-refractivity contribution is 4.90. The molecule has 0 aromatic carbocycles. The van der Waals surface area contributed by atoms with E-state index < -0.39 is 0 Å². The van der Waals surface area contributed by atoms with Crippen LogP contribution >= 0.6 is 0 Å². The Bertz CT molecular complexity index is 84.9. The summed E-state index contributed by atoms with van der Waals surface area (Å²) in [6.07, 6.45) is 0.676. The van der Waals surface area contributed by atoms with Crippen molar-refractivity contribution >= 4 is 0 Å². The third-order valence-electron chi connectivity index (χ3n) is 1.11. The summed E-state index contributed by atoms with van der Waals surface area (Å²) >= 11 is 0. The summed E-state index contributed by atoms with van der Waals surface area (Å²) in [4.78, 5) is 0. The fourth-order valence-electron chi connectivity index (χ4n) is 0.611. The molecule has 1 unspecified atom stereocenters. The van der Waals surface area contributed by atoms with E-state index in [1.807, 2.05) is 6.92 Å². The Kier molecular flexibility index (Phi) is 4.36. The van der Waals surface area contributed by atoms with Crippen molar-refractivity contribution in [3.8, 4) is 0 Å². The van der Waals surface area contributed by atoms with E-state index in [9.17, 15) is 0 Å². The van der Waals surface area contributed by atoms with Gasteiger partial charge in [-0.1, -0.05) is 5.57 Å². The predicted molar refractivity (Wildman–Crippen MR) is 37.3 cm³/mol. The van der Waals surface area contributed by atoms with Gasteiger partial charge in [0.05, 0.1) is 12.7 Å². The average molecular weight is 130 g/mol. The van der Waals surface area contributed by atoms with Crippen LogP contribution in [-0.2, 0) is 4.74 Å². The van der Waals surface area contributed by atoms with Gasteiger partial charge in [-0.2, -0.15) is 0 Å². The van der Waals surface area contributed by atoms with Gasteiger partial charge in [0.25, 0.3) is 0 Å². The van der Waals surface area contributed by atoms with E-state index in [1.54, 1.807) is 7.11 Å². The highest BCUT2D eigenvalue weighted by Crippen LogP contribution is 2.03. The molecule has 0 aromatic heterocycles. The Morgan fingerprint density at radius 3 is 2.44 bits per heavy atom. The van der Waals surface area contributed by atoms with Crippen LogP contribution in [0.15, 0.2) is 12.2 Å². The van der Waals surface area contributed by atoms with Crippen molar-refractivity contribution in [3.05, 3.63) is 12.2 Å². The zero-order valence-electron chi connectivity index (χ0n) is 6.05. The maximum atomic E-state index is 8.61. The molecule has 0 aliphatic carbocycles. The van der Waals surface area contributed by atoms with Crippen molar-refractivity contribution in [1.82, 2.24) is 0 Å². The predicted octanol–water partition coefficient (Wildman–Crippen LogP) is 0.960. The van der Waals surface area contributed by atoms with Crippen molar-refractivity contribution in [2.24, 2.45) is 0 Å². The van der Waals surface area contributed by atoms with Crippen molar-refractivity contribution < 1.29 is 9.84 Å². The zero-order valence-corrected chi connectivity index (χ0v) is 6.05. The molecule has 1 N–H and O–H groups in total.